The molecule has 4 rings (SSSR count). The fourth-order valence-corrected chi connectivity index (χ4v) is 5.68. The number of halogens is 3. The molecule has 0 unspecified atom stereocenters. The van der Waals surface area contributed by atoms with Gasteiger partial charge in [0.1, 0.15) is 10.7 Å². The second kappa shape index (κ2) is 7.91. The predicted octanol–water partition coefficient (Wildman–Crippen LogP) is 5.46. The number of urea groups is 1. The number of sulfonamides is 1. The maximum atomic E-state index is 13.6. The van der Waals surface area contributed by atoms with Gasteiger partial charge in [0.05, 0.1) is 23.8 Å². The van der Waals surface area contributed by atoms with Gasteiger partial charge in [-0.25, -0.2) is 21.9 Å². The zero-order valence-electron chi connectivity index (χ0n) is 15.4. The molecule has 0 atom stereocenters. The summed E-state index contributed by atoms with van der Waals surface area (Å²) in [7, 11) is -4.29. The lowest BCUT2D eigenvalue weighted by molar-refractivity contribution is 0.226. The summed E-state index contributed by atoms with van der Waals surface area (Å²) in [5, 5.41) is 0.116. The summed E-state index contributed by atoms with van der Waals surface area (Å²) in [4.78, 5) is 14.4. The van der Waals surface area contributed by atoms with Gasteiger partial charge >= 0.3 is 6.03 Å². The smallest absolute Gasteiger partial charge is 0.288 e. The van der Waals surface area contributed by atoms with Gasteiger partial charge < -0.3 is 0 Å². The van der Waals surface area contributed by atoms with Crippen molar-refractivity contribution >= 4 is 44.9 Å². The maximum Gasteiger partial charge on any atom is 0.339 e. The van der Waals surface area contributed by atoms with Gasteiger partial charge in [-0.1, -0.05) is 65.7 Å². The van der Waals surface area contributed by atoms with Crippen LogP contribution in [-0.4, -0.2) is 18.8 Å². The number of carbonyl (C=O) groups is 1. The number of amides is 2. The third kappa shape index (κ3) is 3.76. The Morgan fingerprint density at radius 1 is 0.867 bits per heavy atom. The highest BCUT2D eigenvalue weighted by atomic mass is 35.5. The topological polar surface area (TPSA) is 57.7 Å². The molecule has 1 heterocycles. The molecule has 1 aliphatic rings. The summed E-state index contributed by atoms with van der Waals surface area (Å²) in [5.74, 6) is -0.527. The Kier molecular flexibility index (Phi) is 5.44. The molecule has 3 aromatic rings. The molecule has 0 fully saturated rings. The molecule has 0 aliphatic carbocycles. The largest absolute Gasteiger partial charge is 0.339 e. The molecule has 0 spiro atoms. The molecule has 0 saturated heterocycles. The summed E-state index contributed by atoms with van der Waals surface area (Å²) < 4.78 is 40.9. The summed E-state index contributed by atoms with van der Waals surface area (Å²) >= 11 is 12.4. The summed E-state index contributed by atoms with van der Waals surface area (Å²) in [6.07, 6.45) is 0. The van der Waals surface area contributed by atoms with Crippen LogP contribution >= 0.6 is 23.2 Å². The van der Waals surface area contributed by atoms with E-state index in [-0.39, 0.29) is 33.7 Å². The molecule has 3 aromatic carbocycles. The van der Waals surface area contributed by atoms with Crippen molar-refractivity contribution in [3.8, 4) is 0 Å². The number of fused-ring (bicyclic) bond motifs is 1. The molecule has 0 saturated carbocycles. The Balaban J connectivity index is 1.85. The first-order valence-corrected chi connectivity index (χ1v) is 11.1. The van der Waals surface area contributed by atoms with Crippen LogP contribution in [0.4, 0.5) is 14.9 Å². The van der Waals surface area contributed by atoms with Crippen molar-refractivity contribution in [1.82, 2.24) is 4.31 Å². The molecule has 0 radical (unpaired) electrons. The molecular formula is C21H15Cl2FN2O3S. The quantitative estimate of drug-likeness (QED) is 0.514. The Bertz CT molecular complexity index is 1240. The van der Waals surface area contributed by atoms with Gasteiger partial charge in [-0.05, 0) is 35.4 Å². The van der Waals surface area contributed by atoms with E-state index in [1.54, 1.807) is 6.07 Å². The first-order chi connectivity index (χ1) is 14.3. The van der Waals surface area contributed by atoms with E-state index in [2.05, 4.69) is 0 Å². The van der Waals surface area contributed by atoms with Crippen molar-refractivity contribution in [2.75, 3.05) is 4.90 Å². The lowest BCUT2D eigenvalue weighted by Crippen LogP contribution is -2.50. The minimum Gasteiger partial charge on any atom is -0.288 e. The Morgan fingerprint density at radius 2 is 1.57 bits per heavy atom. The van der Waals surface area contributed by atoms with Crippen LogP contribution in [0.2, 0.25) is 10.0 Å². The van der Waals surface area contributed by atoms with Crippen LogP contribution in [0, 0.1) is 5.82 Å². The van der Waals surface area contributed by atoms with E-state index in [0.29, 0.717) is 9.87 Å². The minimum absolute atomic E-state index is 0.0905. The van der Waals surface area contributed by atoms with Crippen LogP contribution in [0.1, 0.15) is 11.1 Å². The fraction of sp³-hybridized carbons (Fsp3) is 0.0952. The highest BCUT2D eigenvalue weighted by molar-refractivity contribution is 7.90. The molecular weight excluding hydrogens is 450 g/mol. The van der Waals surface area contributed by atoms with Crippen LogP contribution in [0.3, 0.4) is 0 Å². The van der Waals surface area contributed by atoms with Gasteiger partial charge in [0, 0.05) is 5.02 Å². The second-order valence-corrected chi connectivity index (χ2v) is 9.37. The zero-order valence-corrected chi connectivity index (χ0v) is 17.8. The molecule has 1 aliphatic heterocycles. The third-order valence-corrected chi connectivity index (χ3v) is 7.11. The average Bonchev–Trinajstić information content (AvgIpc) is 2.69. The number of hydrogen-bond acceptors (Lipinski definition) is 3. The van der Waals surface area contributed by atoms with Crippen LogP contribution < -0.4 is 4.90 Å². The van der Waals surface area contributed by atoms with E-state index >= 15 is 0 Å². The van der Waals surface area contributed by atoms with E-state index in [9.17, 15) is 17.6 Å². The lowest BCUT2D eigenvalue weighted by Gasteiger charge is -2.37. The van der Waals surface area contributed by atoms with Crippen LogP contribution in [-0.2, 0) is 23.1 Å². The number of rotatable bonds is 4. The van der Waals surface area contributed by atoms with Gasteiger partial charge in [0.25, 0.3) is 10.0 Å². The molecule has 0 N–H and O–H groups in total. The normalized spacial score (nSPS) is 15.2. The molecule has 2 amide bonds. The van der Waals surface area contributed by atoms with Gasteiger partial charge in [0.15, 0.2) is 0 Å². The van der Waals surface area contributed by atoms with Crippen molar-refractivity contribution < 1.29 is 17.6 Å². The highest BCUT2D eigenvalue weighted by Crippen LogP contribution is 2.42. The van der Waals surface area contributed by atoms with E-state index in [0.717, 1.165) is 5.56 Å². The number of carbonyl (C=O) groups excluding carboxylic acids is 1. The third-order valence-electron chi connectivity index (χ3n) is 4.67. The van der Waals surface area contributed by atoms with Crippen LogP contribution in [0.15, 0.2) is 71.6 Å². The van der Waals surface area contributed by atoms with Gasteiger partial charge in [-0.2, -0.15) is 0 Å². The van der Waals surface area contributed by atoms with Crippen molar-refractivity contribution in [2.45, 2.75) is 18.0 Å². The Hall–Kier alpha value is -2.61. The summed E-state index contributed by atoms with van der Waals surface area (Å²) in [5.41, 5.74) is 1.23. The fourth-order valence-electron chi connectivity index (χ4n) is 3.33. The monoisotopic (exact) mass is 464 g/mol. The Labute approximate surface area is 183 Å². The SMILES string of the molecule is O=C1N(Cc2ccccc2)c2cc(Cl)cc(Cl)c2S(=O)(=O)N1Cc1cccc(F)c1. The van der Waals surface area contributed by atoms with Gasteiger partial charge in [-0.15, -0.1) is 0 Å². The van der Waals surface area contributed by atoms with E-state index in [4.69, 9.17) is 23.2 Å². The van der Waals surface area contributed by atoms with E-state index in [1.807, 2.05) is 30.3 Å². The van der Waals surface area contributed by atoms with Crippen molar-refractivity contribution in [2.24, 2.45) is 0 Å². The van der Waals surface area contributed by atoms with Crippen molar-refractivity contribution in [3.63, 3.8) is 0 Å². The first-order valence-electron chi connectivity index (χ1n) is 8.89. The van der Waals surface area contributed by atoms with E-state index in [1.165, 1.54) is 35.2 Å². The summed E-state index contributed by atoms with van der Waals surface area (Å²) in [6, 6.07) is 16.5. The Morgan fingerprint density at radius 3 is 2.27 bits per heavy atom. The van der Waals surface area contributed by atoms with Crippen molar-refractivity contribution in [1.29, 1.82) is 0 Å². The van der Waals surface area contributed by atoms with Gasteiger partial charge in [0.2, 0.25) is 0 Å². The van der Waals surface area contributed by atoms with Crippen LogP contribution in [0.5, 0.6) is 0 Å². The molecule has 5 nitrogen and oxygen atoms in total. The van der Waals surface area contributed by atoms with Crippen molar-refractivity contribution in [3.05, 3.63) is 93.7 Å². The number of nitrogens with zero attached hydrogens (tertiary/aromatic N) is 2. The second-order valence-electron chi connectivity index (χ2n) is 6.73. The number of anilines is 1. The number of benzene rings is 3. The zero-order chi connectivity index (χ0) is 21.5. The van der Waals surface area contributed by atoms with Crippen LogP contribution in [0.25, 0.3) is 0 Å². The number of hydrogen-bond donors (Lipinski definition) is 0. The average molecular weight is 465 g/mol. The molecule has 154 valence electrons. The van der Waals surface area contributed by atoms with E-state index < -0.39 is 21.9 Å². The molecule has 9 heteroatoms. The lowest BCUT2D eigenvalue weighted by atomic mass is 10.2. The predicted molar refractivity (Wildman–Crippen MR) is 114 cm³/mol. The standard InChI is InChI=1S/C21H15Cl2FN2O3S/c22-16-10-18(23)20-19(11-16)25(12-14-5-2-1-3-6-14)21(27)26(30(20,28)29)13-15-7-4-8-17(24)9-15/h1-11H,12-13H2. The first kappa shape index (κ1) is 20.7. The highest BCUT2D eigenvalue weighted by Gasteiger charge is 2.43. The molecule has 0 aromatic heterocycles. The summed E-state index contributed by atoms with van der Waals surface area (Å²) in [6.45, 7) is -0.221. The minimum atomic E-state index is -4.29. The van der Waals surface area contributed by atoms with Gasteiger partial charge in [-0.3, -0.25) is 4.90 Å². The molecule has 0 bridgehead atoms. The molecule has 30 heavy (non-hydrogen) atoms. The maximum absolute atomic E-state index is 13.6.